The number of allylic oxidation sites excluding steroid dienone is 3. The van der Waals surface area contributed by atoms with Crippen molar-refractivity contribution in [2.45, 2.75) is 6.92 Å². The van der Waals surface area contributed by atoms with Crippen LogP contribution < -0.4 is 0 Å². The van der Waals surface area contributed by atoms with Crippen LogP contribution in [0.4, 0.5) is 0 Å². The van der Waals surface area contributed by atoms with Crippen LogP contribution in [0.2, 0.25) is 0 Å². The highest BCUT2D eigenvalue weighted by atomic mass is 16.3. The highest BCUT2D eigenvalue weighted by Gasteiger charge is 2.01. The average molecular weight is 211 g/mol. The van der Waals surface area contributed by atoms with Gasteiger partial charge in [0.05, 0.1) is 11.6 Å². The Balaban J connectivity index is 2.98. The summed E-state index contributed by atoms with van der Waals surface area (Å²) in [6.07, 6.45) is 1.56. The summed E-state index contributed by atoms with van der Waals surface area (Å²) < 4.78 is 0. The summed E-state index contributed by atoms with van der Waals surface area (Å²) in [6.45, 7) is 9.17. The molecule has 16 heavy (non-hydrogen) atoms. The third kappa shape index (κ3) is 2.86. The number of hydrogen-bond donors (Lipinski definition) is 1. The second-order valence-electron chi connectivity index (χ2n) is 3.49. The maximum Gasteiger partial charge on any atom is 0.108 e. The first-order valence-electron chi connectivity index (χ1n) is 4.80. The molecular weight excluding hydrogens is 198 g/mol. The van der Waals surface area contributed by atoms with Crippen LogP contribution in [-0.4, -0.2) is 5.11 Å². The predicted molar refractivity (Wildman–Crippen MR) is 65.7 cm³/mol. The van der Waals surface area contributed by atoms with E-state index in [1.54, 1.807) is 18.2 Å². The summed E-state index contributed by atoms with van der Waals surface area (Å²) in [6, 6.07) is 9.19. The van der Waals surface area contributed by atoms with E-state index in [4.69, 9.17) is 10.4 Å². The van der Waals surface area contributed by atoms with E-state index in [9.17, 15) is 0 Å². The van der Waals surface area contributed by atoms with Crippen molar-refractivity contribution < 1.29 is 5.11 Å². The van der Waals surface area contributed by atoms with Gasteiger partial charge in [-0.3, -0.25) is 0 Å². The molecule has 0 unspecified atom stereocenters. The van der Waals surface area contributed by atoms with Gasteiger partial charge in [-0.25, -0.2) is 0 Å². The highest BCUT2D eigenvalue weighted by Crippen LogP contribution is 2.21. The molecular formula is C14H13NO. The molecule has 0 heterocycles. The van der Waals surface area contributed by atoms with Crippen molar-refractivity contribution in [2.75, 3.05) is 0 Å². The second kappa shape index (κ2) is 4.99. The Morgan fingerprint density at radius 2 is 1.88 bits per heavy atom. The van der Waals surface area contributed by atoms with Crippen molar-refractivity contribution in [3.05, 3.63) is 66.0 Å². The lowest BCUT2D eigenvalue weighted by Crippen LogP contribution is -1.86. The third-order valence-corrected chi connectivity index (χ3v) is 2.22. The molecule has 0 spiro atoms. The van der Waals surface area contributed by atoms with Crippen LogP contribution in [0.5, 0.6) is 0 Å². The molecule has 2 heteroatoms. The molecule has 1 aromatic carbocycles. The molecule has 0 bridgehead atoms. The topological polar surface area (TPSA) is 44.0 Å². The molecule has 2 nitrogen and oxygen atoms in total. The molecule has 0 aliphatic rings. The molecule has 0 radical (unpaired) electrons. The Labute approximate surface area is 95.5 Å². The molecule has 0 saturated carbocycles. The summed E-state index contributed by atoms with van der Waals surface area (Å²) in [7, 11) is 0. The summed E-state index contributed by atoms with van der Waals surface area (Å²) in [5, 5.41) is 17.7. The number of aliphatic hydroxyl groups is 1. The molecule has 0 aliphatic heterocycles. The SMILES string of the molecule is C=C(O)/C=C(/C)C(=C)c1ccc(C#N)cc1. The summed E-state index contributed by atoms with van der Waals surface area (Å²) in [5.41, 5.74) is 3.19. The lowest BCUT2D eigenvalue weighted by atomic mass is 9.99. The maximum atomic E-state index is 9.05. The average Bonchev–Trinajstić information content (AvgIpc) is 2.27. The molecule has 0 aromatic heterocycles. The van der Waals surface area contributed by atoms with E-state index in [1.165, 1.54) is 0 Å². The summed E-state index contributed by atoms with van der Waals surface area (Å²) in [5.74, 6) is 0.00675. The van der Waals surface area contributed by atoms with Gasteiger partial charge in [-0.1, -0.05) is 25.3 Å². The Morgan fingerprint density at radius 3 is 2.31 bits per heavy atom. The molecule has 0 fully saturated rings. The van der Waals surface area contributed by atoms with Gasteiger partial charge in [0.2, 0.25) is 0 Å². The first-order chi connectivity index (χ1) is 7.54. The van der Waals surface area contributed by atoms with Crippen molar-refractivity contribution in [1.82, 2.24) is 0 Å². The number of nitrogens with zero attached hydrogens (tertiary/aromatic N) is 1. The van der Waals surface area contributed by atoms with E-state index in [0.29, 0.717) is 5.56 Å². The van der Waals surface area contributed by atoms with Crippen LogP contribution >= 0.6 is 0 Å². The number of rotatable bonds is 3. The third-order valence-electron chi connectivity index (χ3n) is 2.22. The molecule has 1 rings (SSSR count). The van der Waals surface area contributed by atoms with Crippen molar-refractivity contribution in [3.8, 4) is 6.07 Å². The Bertz CT molecular complexity index is 486. The van der Waals surface area contributed by atoms with E-state index in [-0.39, 0.29) is 5.76 Å². The van der Waals surface area contributed by atoms with Crippen LogP contribution in [-0.2, 0) is 0 Å². The normalized spacial score (nSPS) is 10.6. The zero-order valence-electron chi connectivity index (χ0n) is 9.20. The van der Waals surface area contributed by atoms with E-state index < -0.39 is 0 Å². The van der Waals surface area contributed by atoms with E-state index in [2.05, 4.69) is 19.2 Å². The van der Waals surface area contributed by atoms with E-state index >= 15 is 0 Å². The summed E-state index contributed by atoms with van der Waals surface area (Å²) in [4.78, 5) is 0. The van der Waals surface area contributed by atoms with Crippen molar-refractivity contribution in [2.24, 2.45) is 0 Å². The Kier molecular flexibility index (Phi) is 3.68. The fraction of sp³-hybridized carbons (Fsp3) is 0.0714. The van der Waals surface area contributed by atoms with Gasteiger partial charge in [-0.05, 0) is 41.8 Å². The molecule has 0 aliphatic carbocycles. The highest BCUT2D eigenvalue weighted by molar-refractivity contribution is 5.77. The van der Waals surface area contributed by atoms with Gasteiger partial charge in [-0.2, -0.15) is 5.26 Å². The van der Waals surface area contributed by atoms with Crippen LogP contribution in [0.15, 0.2) is 54.8 Å². The van der Waals surface area contributed by atoms with E-state index in [0.717, 1.165) is 16.7 Å². The minimum atomic E-state index is 0.00675. The number of benzene rings is 1. The number of nitriles is 1. The largest absolute Gasteiger partial charge is 0.509 e. The van der Waals surface area contributed by atoms with Gasteiger partial charge in [-0.15, -0.1) is 0 Å². The van der Waals surface area contributed by atoms with Crippen LogP contribution in [0.25, 0.3) is 5.57 Å². The predicted octanol–water partition coefficient (Wildman–Crippen LogP) is 3.59. The monoisotopic (exact) mass is 211 g/mol. The maximum absolute atomic E-state index is 9.05. The second-order valence-corrected chi connectivity index (χ2v) is 3.49. The van der Waals surface area contributed by atoms with Crippen molar-refractivity contribution in [1.29, 1.82) is 5.26 Å². The van der Waals surface area contributed by atoms with Crippen LogP contribution in [0.1, 0.15) is 18.1 Å². The van der Waals surface area contributed by atoms with E-state index in [1.807, 2.05) is 19.1 Å². The smallest absolute Gasteiger partial charge is 0.108 e. The zero-order valence-corrected chi connectivity index (χ0v) is 9.20. The summed E-state index contributed by atoms with van der Waals surface area (Å²) >= 11 is 0. The van der Waals surface area contributed by atoms with Gasteiger partial charge < -0.3 is 5.11 Å². The van der Waals surface area contributed by atoms with Gasteiger partial charge in [0.15, 0.2) is 0 Å². The Hall–Kier alpha value is -2.27. The van der Waals surface area contributed by atoms with Gasteiger partial charge in [0.1, 0.15) is 5.76 Å². The molecule has 0 saturated heterocycles. The molecule has 1 aromatic rings. The van der Waals surface area contributed by atoms with Gasteiger partial charge in [0, 0.05) is 0 Å². The first kappa shape index (κ1) is 11.8. The molecule has 1 N–H and O–H groups in total. The lowest BCUT2D eigenvalue weighted by Gasteiger charge is -2.06. The molecule has 80 valence electrons. The fourth-order valence-corrected chi connectivity index (χ4v) is 1.31. The minimum absolute atomic E-state index is 0.00675. The van der Waals surface area contributed by atoms with Gasteiger partial charge >= 0.3 is 0 Å². The van der Waals surface area contributed by atoms with Crippen LogP contribution in [0, 0.1) is 11.3 Å². The van der Waals surface area contributed by atoms with Crippen molar-refractivity contribution in [3.63, 3.8) is 0 Å². The molecule has 0 atom stereocenters. The van der Waals surface area contributed by atoms with Gasteiger partial charge in [0.25, 0.3) is 0 Å². The van der Waals surface area contributed by atoms with Crippen LogP contribution in [0.3, 0.4) is 0 Å². The molecule has 0 amide bonds. The lowest BCUT2D eigenvalue weighted by molar-refractivity contribution is 0.435. The Morgan fingerprint density at radius 1 is 1.31 bits per heavy atom. The standard InChI is InChI=1S/C14H13NO/c1-10(8-11(2)16)12(3)14-6-4-13(9-15)5-7-14/h4-8,16H,2-3H2,1H3/b10-8-. The number of hydrogen-bond acceptors (Lipinski definition) is 2. The zero-order chi connectivity index (χ0) is 12.1. The first-order valence-corrected chi connectivity index (χ1v) is 4.80. The quantitative estimate of drug-likeness (QED) is 0.613. The fourth-order valence-electron chi connectivity index (χ4n) is 1.31. The minimum Gasteiger partial charge on any atom is -0.509 e. The number of aliphatic hydroxyl groups excluding tert-OH is 1. The van der Waals surface area contributed by atoms with Crippen molar-refractivity contribution >= 4 is 5.57 Å².